The quantitative estimate of drug-likeness (QED) is 0.501. The Morgan fingerprint density at radius 2 is 1.68 bits per heavy atom. The Balaban J connectivity index is 1.50. The third kappa shape index (κ3) is 4.41. The fourth-order valence-electron chi connectivity index (χ4n) is 3.52. The van der Waals surface area contributed by atoms with E-state index in [2.05, 4.69) is 4.57 Å². The summed E-state index contributed by atoms with van der Waals surface area (Å²) >= 11 is 0. The number of carbonyl (C=O) groups excluding carboxylic acids is 3. The summed E-state index contributed by atoms with van der Waals surface area (Å²) in [5, 5.41) is 0. The van der Waals surface area contributed by atoms with Gasteiger partial charge in [0.05, 0.1) is 6.42 Å². The van der Waals surface area contributed by atoms with Gasteiger partial charge in [-0.3, -0.25) is 14.4 Å². The molecule has 1 fully saturated rings. The average Bonchev–Trinajstić information content (AvgIpc) is 3.44. The van der Waals surface area contributed by atoms with Crippen molar-refractivity contribution in [2.75, 3.05) is 6.61 Å². The van der Waals surface area contributed by atoms with Crippen LogP contribution < -0.4 is 0 Å². The molecule has 0 amide bonds. The van der Waals surface area contributed by atoms with Crippen LogP contribution in [0.25, 0.3) is 0 Å². The molecule has 148 valence electrons. The largest absolute Gasteiger partial charge is 0.457 e. The van der Waals surface area contributed by atoms with Crippen LogP contribution in [0, 0.1) is 27.7 Å². The number of rotatable bonds is 8. The van der Waals surface area contributed by atoms with Crippen molar-refractivity contribution in [3.05, 3.63) is 57.9 Å². The van der Waals surface area contributed by atoms with Gasteiger partial charge in [-0.15, -0.1) is 0 Å². The average molecular weight is 381 g/mol. The second-order valence-electron chi connectivity index (χ2n) is 7.69. The molecule has 1 aromatic carbocycles. The summed E-state index contributed by atoms with van der Waals surface area (Å²) in [7, 11) is 0. The third-order valence-corrected chi connectivity index (χ3v) is 5.45. The first-order chi connectivity index (χ1) is 13.3. The molecular weight excluding hydrogens is 354 g/mol. The van der Waals surface area contributed by atoms with E-state index in [0.29, 0.717) is 17.2 Å². The van der Waals surface area contributed by atoms with Crippen molar-refractivity contribution in [3.8, 4) is 0 Å². The van der Waals surface area contributed by atoms with Crippen molar-refractivity contribution >= 4 is 17.5 Å². The molecule has 1 aliphatic rings. The van der Waals surface area contributed by atoms with Gasteiger partial charge in [0, 0.05) is 35.0 Å². The summed E-state index contributed by atoms with van der Waals surface area (Å²) in [6.07, 6.45) is 2.34. The molecule has 5 heteroatoms. The highest BCUT2D eigenvalue weighted by Gasteiger charge is 2.28. The van der Waals surface area contributed by atoms with Crippen LogP contribution in [-0.2, 0) is 9.53 Å². The number of esters is 1. The molecule has 0 aliphatic heterocycles. The van der Waals surface area contributed by atoms with Gasteiger partial charge in [0.2, 0.25) is 5.78 Å². The zero-order chi connectivity index (χ0) is 20.4. The van der Waals surface area contributed by atoms with E-state index in [1.54, 1.807) is 6.07 Å². The lowest BCUT2D eigenvalue weighted by molar-refractivity contribution is -0.142. The van der Waals surface area contributed by atoms with Gasteiger partial charge in [0.25, 0.3) is 0 Å². The van der Waals surface area contributed by atoms with Crippen LogP contribution >= 0.6 is 0 Å². The maximum atomic E-state index is 12.5. The summed E-state index contributed by atoms with van der Waals surface area (Å²) in [4.78, 5) is 36.7. The Bertz CT molecular complexity index is 934. The molecule has 0 saturated heterocycles. The van der Waals surface area contributed by atoms with Crippen molar-refractivity contribution < 1.29 is 19.1 Å². The maximum absolute atomic E-state index is 12.5. The monoisotopic (exact) mass is 381 g/mol. The second-order valence-corrected chi connectivity index (χ2v) is 7.69. The van der Waals surface area contributed by atoms with Crippen molar-refractivity contribution in [2.45, 2.75) is 59.4 Å². The molecule has 0 N–H and O–H groups in total. The zero-order valence-corrected chi connectivity index (χ0v) is 17.0. The number of hydrogen-bond donors (Lipinski definition) is 0. The highest BCUT2D eigenvalue weighted by atomic mass is 16.5. The van der Waals surface area contributed by atoms with Crippen LogP contribution in [0.2, 0.25) is 0 Å². The number of Topliss-reactive ketones (excluding diaryl/α,β-unsaturated/α-hetero) is 2. The summed E-state index contributed by atoms with van der Waals surface area (Å²) in [5.74, 6) is -0.824. The summed E-state index contributed by atoms with van der Waals surface area (Å²) < 4.78 is 7.31. The predicted molar refractivity (Wildman–Crippen MR) is 107 cm³/mol. The molecule has 5 nitrogen and oxygen atoms in total. The van der Waals surface area contributed by atoms with Crippen LogP contribution in [-0.4, -0.2) is 28.7 Å². The smallest absolute Gasteiger partial charge is 0.306 e. The molecule has 0 radical (unpaired) electrons. The molecule has 28 heavy (non-hydrogen) atoms. The first kappa shape index (κ1) is 20.1. The lowest BCUT2D eigenvalue weighted by atomic mass is 10.0. The van der Waals surface area contributed by atoms with Crippen molar-refractivity contribution in [3.63, 3.8) is 0 Å². The highest BCUT2D eigenvalue weighted by molar-refractivity contribution is 6.00. The second kappa shape index (κ2) is 8.13. The van der Waals surface area contributed by atoms with Gasteiger partial charge >= 0.3 is 5.97 Å². The number of carbonyl (C=O) groups is 3. The Kier molecular flexibility index (Phi) is 5.82. The van der Waals surface area contributed by atoms with Gasteiger partial charge in [-0.05, 0) is 63.8 Å². The van der Waals surface area contributed by atoms with E-state index >= 15 is 0 Å². The number of nitrogens with zero attached hydrogens (tertiary/aromatic N) is 1. The van der Waals surface area contributed by atoms with Gasteiger partial charge in [0.15, 0.2) is 12.4 Å². The van der Waals surface area contributed by atoms with Crippen molar-refractivity contribution in [2.24, 2.45) is 0 Å². The number of aryl methyl sites for hydroxylation is 3. The number of benzene rings is 1. The fraction of sp³-hybridized carbons (Fsp3) is 0.435. The topological polar surface area (TPSA) is 65.4 Å². The van der Waals surface area contributed by atoms with Crippen LogP contribution in [0.4, 0.5) is 0 Å². The van der Waals surface area contributed by atoms with Crippen LogP contribution in [0.3, 0.4) is 0 Å². The summed E-state index contributed by atoms with van der Waals surface area (Å²) in [6, 6.07) is 7.88. The van der Waals surface area contributed by atoms with E-state index in [9.17, 15) is 14.4 Å². The minimum atomic E-state index is -0.526. The number of ketones is 2. The molecule has 0 unspecified atom stereocenters. The Morgan fingerprint density at radius 3 is 2.32 bits per heavy atom. The molecule has 2 aromatic rings. The number of aromatic nitrogens is 1. The molecule has 1 heterocycles. The molecular formula is C23H27NO4. The summed E-state index contributed by atoms with van der Waals surface area (Å²) in [5.41, 5.74) is 5.38. The van der Waals surface area contributed by atoms with E-state index in [0.717, 1.165) is 35.4 Å². The Hall–Kier alpha value is -2.69. The zero-order valence-electron chi connectivity index (χ0n) is 17.0. The van der Waals surface area contributed by atoms with Gasteiger partial charge in [-0.1, -0.05) is 12.1 Å². The van der Waals surface area contributed by atoms with Gasteiger partial charge in [-0.2, -0.15) is 0 Å². The summed E-state index contributed by atoms with van der Waals surface area (Å²) in [6.45, 7) is 7.58. The SMILES string of the molecule is Cc1ccc(C(=O)CCC(=O)OCC(=O)c2cc(C)n(C3CC3)c2C)cc1C. The molecule has 1 saturated carbocycles. The van der Waals surface area contributed by atoms with E-state index in [4.69, 9.17) is 4.74 Å². The standard InChI is InChI=1S/C23H27NO4/c1-14-5-6-18(11-15(14)2)21(25)9-10-23(27)28-13-22(26)20-12-16(3)24(17(20)4)19-7-8-19/h5-6,11-12,19H,7-10,13H2,1-4H3. The fourth-order valence-corrected chi connectivity index (χ4v) is 3.52. The third-order valence-electron chi connectivity index (χ3n) is 5.45. The minimum absolute atomic E-state index is 0.0276. The normalized spacial score (nSPS) is 13.4. The van der Waals surface area contributed by atoms with Crippen LogP contribution in [0.1, 0.15) is 75.0 Å². The van der Waals surface area contributed by atoms with Crippen LogP contribution in [0.5, 0.6) is 0 Å². The lowest BCUT2D eigenvalue weighted by Gasteiger charge is -2.08. The highest BCUT2D eigenvalue weighted by Crippen LogP contribution is 2.38. The van der Waals surface area contributed by atoms with Gasteiger partial charge < -0.3 is 9.30 Å². The van der Waals surface area contributed by atoms with Gasteiger partial charge in [-0.25, -0.2) is 0 Å². The first-order valence-electron chi connectivity index (χ1n) is 9.75. The maximum Gasteiger partial charge on any atom is 0.306 e. The predicted octanol–water partition coefficient (Wildman–Crippen LogP) is 4.45. The Labute approximate surface area is 165 Å². The van der Waals surface area contributed by atoms with E-state index in [1.165, 1.54) is 0 Å². The van der Waals surface area contributed by atoms with Crippen LogP contribution in [0.15, 0.2) is 24.3 Å². The van der Waals surface area contributed by atoms with E-state index < -0.39 is 5.97 Å². The van der Waals surface area contributed by atoms with Crippen molar-refractivity contribution in [1.82, 2.24) is 4.57 Å². The molecule has 0 bridgehead atoms. The lowest BCUT2D eigenvalue weighted by Crippen LogP contribution is -2.15. The van der Waals surface area contributed by atoms with Crippen molar-refractivity contribution in [1.29, 1.82) is 0 Å². The van der Waals surface area contributed by atoms with E-state index in [1.807, 2.05) is 45.9 Å². The molecule has 1 aromatic heterocycles. The molecule has 3 rings (SSSR count). The Morgan fingerprint density at radius 1 is 0.964 bits per heavy atom. The minimum Gasteiger partial charge on any atom is -0.457 e. The molecule has 0 spiro atoms. The first-order valence-corrected chi connectivity index (χ1v) is 9.75. The number of hydrogen-bond acceptors (Lipinski definition) is 4. The molecule has 0 atom stereocenters. The van der Waals surface area contributed by atoms with E-state index in [-0.39, 0.29) is 31.0 Å². The van der Waals surface area contributed by atoms with Gasteiger partial charge in [0.1, 0.15) is 0 Å². The molecule has 1 aliphatic carbocycles. The number of ether oxygens (including phenoxy) is 1.